The molecule has 0 unspecified atom stereocenters. The molecule has 0 aliphatic heterocycles. The minimum absolute atomic E-state index is 0.688. The number of rotatable bonds is 2. The highest BCUT2D eigenvalue weighted by Crippen LogP contribution is 2.20. The third-order valence-electron chi connectivity index (χ3n) is 1.56. The van der Waals surface area contributed by atoms with Crippen LogP contribution in [0.3, 0.4) is 0 Å². The molecular formula is C9H10BrNO. The average Bonchev–Trinajstić information content (AvgIpc) is 2.03. The van der Waals surface area contributed by atoms with E-state index in [1.54, 1.807) is 6.07 Å². The van der Waals surface area contributed by atoms with Gasteiger partial charge in [0.25, 0.3) is 0 Å². The van der Waals surface area contributed by atoms with Crippen LogP contribution >= 0.6 is 15.9 Å². The number of hydrogen-bond acceptors (Lipinski definition) is 2. The van der Waals surface area contributed by atoms with E-state index in [1.165, 1.54) is 0 Å². The molecule has 0 atom stereocenters. The van der Waals surface area contributed by atoms with Crippen LogP contribution in [0.1, 0.15) is 10.4 Å². The molecule has 3 heteroatoms. The Morgan fingerprint density at radius 1 is 1.33 bits per heavy atom. The van der Waals surface area contributed by atoms with Gasteiger partial charge in [0.2, 0.25) is 0 Å². The summed E-state index contributed by atoms with van der Waals surface area (Å²) in [6.07, 6.45) is 0.845. The van der Waals surface area contributed by atoms with E-state index in [9.17, 15) is 4.79 Å². The Morgan fingerprint density at radius 2 is 2.00 bits per heavy atom. The van der Waals surface area contributed by atoms with Gasteiger partial charge in [-0.2, -0.15) is 0 Å². The number of nitrogens with zero attached hydrogens (tertiary/aromatic N) is 1. The standard InChI is InChI=1S/C9H10BrNO/c1-11(2)9-4-7(6-12)3-8(10)5-9/h3-6H,1-2H3. The number of carbonyl (C=O) groups excluding carboxylic acids is 1. The number of hydrogen-bond donors (Lipinski definition) is 0. The van der Waals surface area contributed by atoms with Gasteiger partial charge in [0.15, 0.2) is 0 Å². The van der Waals surface area contributed by atoms with E-state index < -0.39 is 0 Å². The second-order valence-electron chi connectivity index (χ2n) is 2.76. The van der Waals surface area contributed by atoms with Crippen molar-refractivity contribution < 1.29 is 4.79 Å². The Bertz CT molecular complexity index is 297. The quantitative estimate of drug-likeness (QED) is 0.724. The van der Waals surface area contributed by atoms with Crippen LogP contribution in [0, 0.1) is 0 Å². The molecule has 64 valence electrons. The molecule has 0 heterocycles. The lowest BCUT2D eigenvalue weighted by molar-refractivity contribution is 0.112. The van der Waals surface area contributed by atoms with Crippen molar-refractivity contribution in [2.75, 3.05) is 19.0 Å². The first-order chi connectivity index (χ1) is 5.63. The zero-order valence-electron chi connectivity index (χ0n) is 7.04. The van der Waals surface area contributed by atoms with Gasteiger partial charge >= 0.3 is 0 Å². The fourth-order valence-corrected chi connectivity index (χ4v) is 1.42. The molecule has 0 radical (unpaired) electrons. The van der Waals surface area contributed by atoms with Crippen LogP contribution in [0.25, 0.3) is 0 Å². The van der Waals surface area contributed by atoms with E-state index in [-0.39, 0.29) is 0 Å². The van der Waals surface area contributed by atoms with E-state index in [4.69, 9.17) is 0 Å². The SMILES string of the molecule is CN(C)c1cc(Br)cc(C=O)c1. The van der Waals surface area contributed by atoms with Crippen molar-refractivity contribution in [3.05, 3.63) is 28.2 Å². The summed E-state index contributed by atoms with van der Waals surface area (Å²) >= 11 is 3.34. The van der Waals surface area contributed by atoms with Gasteiger partial charge in [0.1, 0.15) is 6.29 Å². The number of benzene rings is 1. The van der Waals surface area contributed by atoms with Gasteiger partial charge in [-0.05, 0) is 18.2 Å². The number of halogens is 1. The first-order valence-electron chi connectivity index (χ1n) is 3.56. The summed E-state index contributed by atoms with van der Waals surface area (Å²) in [5.41, 5.74) is 1.71. The lowest BCUT2D eigenvalue weighted by Crippen LogP contribution is -2.08. The molecule has 12 heavy (non-hydrogen) atoms. The molecule has 1 rings (SSSR count). The fraction of sp³-hybridized carbons (Fsp3) is 0.222. The Kier molecular flexibility index (Phi) is 2.87. The maximum Gasteiger partial charge on any atom is 0.150 e. The molecule has 0 spiro atoms. The minimum Gasteiger partial charge on any atom is -0.378 e. The fourth-order valence-electron chi connectivity index (χ4n) is 0.922. The largest absolute Gasteiger partial charge is 0.378 e. The second kappa shape index (κ2) is 3.72. The van der Waals surface area contributed by atoms with Crippen LogP contribution in [-0.4, -0.2) is 20.4 Å². The highest BCUT2D eigenvalue weighted by Gasteiger charge is 1.99. The van der Waals surface area contributed by atoms with Gasteiger partial charge in [-0.3, -0.25) is 4.79 Å². The Labute approximate surface area is 80.3 Å². The van der Waals surface area contributed by atoms with Gasteiger partial charge in [-0.25, -0.2) is 0 Å². The van der Waals surface area contributed by atoms with Crippen LogP contribution in [-0.2, 0) is 0 Å². The zero-order valence-corrected chi connectivity index (χ0v) is 8.63. The first kappa shape index (κ1) is 9.26. The molecule has 1 aromatic carbocycles. The Morgan fingerprint density at radius 3 is 2.50 bits per heavy atom. The number of anilines is 1. The summed E-state index contributed by atoms with van der Waals surface area (Å²) < 4.78 is 0.927. The van der Waals surface area contributed by atoms with E-state index in [1.807, 2.05) is 31.1 Å². The third-order valence-corrected chi connectivity index (χ3v) is 2.02. The number of aldehydes is 1. The Balaban J connectivity index is 3.14. The predicted octanol–water partition coefficient (Wildman–Crippen LogP) is 2.33. The van der Waals surface area contributed by atoms with Gasteiger partial charge in [0.05, 0.1) is 0 Å². The van der Waals surface area contributed by atoms with Crippen molar-refractivity contribution in [1.29, 1.82) is 0 Å². The monoisotopic (exact) mass is 227 g/mol. The summed E-state index contributed by atoms with van der Waals surface area (Å²) in [4.78, 5) is 12.5. The second-order valence-corrected chi connectivity index (χ2v) is 3.67. The van der Waals surface area contributed by atoms with Crippen molar-refractivity contribution in [1.82, 2.24) is 0 Å². The zero-order chi connectivity index (χ0) is 9.14. The van der Waals surface area contributed by atoms with E-state index in [0.717, 1.165) is 16.4 Å². The van der Waals surface area contributed by atoms with Crippen LogP contribution in [0.4, 0.5) is 5.69 Å². The van der Waals surface area contributed by atoms with Crippen LogP contribution < -0.4 is 4.90 Å². The highest BCUT2D eigenvalue weighted by molar-refractivity contribution is 9.10. The van der Waals surface area contributed by atoms with Crippen LogP contribution in [0.5, 0.6) is 0 Å². The van der Waals surface area contributed by atoms with Crippen LogP contribution in [0.2, 0.25) is 0 Å². The summed E-state index contributed by atoms with van der Waals surface area (Å²) in [5.74, 6) is 0. The lowest BCUT2D eigenvalue weighted by Gasteiger charge is -2.12. The predicted molar refractivity (Wildman–Crippen MR) is 53.9 cm³/mol. The topological polar surface area (TPSA) is 20.3 Å². The smallest absolute Gasteiger partial charge is 0.150 e. The molecule has 2 nitrogen and oxygen atoms in total. The van der Waals surface area contributed by atoms with Crippen molar-refractivity contribution in [3.63, 3.8) is 0 Å². The summed E-state index contributed by atoms with van der Waals surface area (Å²) in [7, 11) is 3.88. The molecule has 0 fully saturated rings. The molecular weight excluding hydrogens is 218 g/mol. The molecule has 0 amide bonds. The third kappa shape index (κ3) is 2.08. The van der Waals surface area contributed by atoms with E-state index in [2.05, 4.69) is 15.9 Å². The van der Waals surface area contributed by atoms with E-state index in [0.29, 0.717) is 5.56 Å². The lowest BCUT2D eigenvalue weighted by atomic mass is 10.2. The van der Waals surface area contributed by atoms with Crippen molar-refractivity contribution in [2.24, 2.45) is 0 Å². The van der Waals surface area contributed by atoms with Crippen LogP contribution in [0.15, 0.2) is 22.7 Å². The number of carbonyl (C=O) groups is 1. The Hall–Kier alpha value is -0.830. The normalized spacial score (nSPS) is 9.58. The maximum atomic E-state index is 10.5. The molecule has 0 aliphatic rings. The summed E-state index contributed by atoms with van der Waals surface area (Å²) in [6, 6.07) is 5.60. The molecule has 0 aliphatic carbocycles. The molecule has 0 saturated carbocycles. The molecule has 0 saturated heterocycles. The van der Waals surface area contributed by atoms with Gasteiger partial charge in [-0.15, -0.1) is 0 Å². The minimum atomic E-state index is 0.688. The van der Waals surface area contributed by atoms with Crippen molar-refractivity contribution >= 4 is 27.9 Å². The molecule has 0 bridgehead atoms. The summed E-state index contributed by atoms with van der Waals surface area (Å²) in [6.45, 7) is 0. The summed E-state index contributed by atoms with van der Waals surface area (Å²) in [5, 5.41) is 0. The van der Waals surface area contributed by atoms with Crippen molar-refractivity contribution in [3.8, 4) is 0 Å². The van der Waals surface area contributed by atoms with E-state index >= 15 is 0 Å². The molecule has 1 aromatic rings. The average molecular weight is 228 g/mol. The highest BCUT2D eigenvalue weighted by atomic mass is 79.9. The maximum absolute atomic E-state index is 10.5. The molecule has 0 aromatic heterocycles. The van der Waals surface area contributed by atoms with Gasteiger partial charge in [0, 0.05) is 29.8 Å². The van der Waals surface area contributed by atoms with Gasteiger partial charge < -0.3 is 4.90 Å². The van der Waals surface area contributed by atoms with Crippen molar-refractivity contribution in [2.45, 2.75) is 0 Å². The van der Waals surface area contributed by atoms with Gasteiger partial charge in [-0.1, -0.05) is 15.9 Å². The first-order valence-corrected chi connectivity index (χ1v) is 4.36. The molecule has 0 N–H and O–H groups in total.